The van der Waals surface area contributed by atoms with Crippen LogP contribution in [-0.2, 0) is 23.8 Å². The van der Waals surface area contributed by atoms with Gasteiger partial charge < -0.3 is 35.6 Å². The van der Waals surface area contributed by atoms with Crippen molar-refractivity contribution < 1.29 is 28.9 Å². The van der Waals surface area contributed by atoms with E-state index in [0.717, 1.165) is 26.1 Å². The minimum absolute atomic E-state index is 0.616. The maximum absolute atomic E-state index is 9.00. The Labute approximate surface area is 146 Å². The van der Waals surface area contributed by atoms with Crippen LogP contribution in [0.25, 0.3) is 0 Å². The Kier molecular flexibility index (Phi) is 48.6. The van der Waals surface area contributed by atoms with Crippen molar-refractivity contribution in [3.05, 3.63) is 0 Å². The van der Waals surface area contributed by atoms with Crippen LogP contribution in [0, 0.1) is 0 Å². The molecule has 0 radical (unpaired) electrons. The lowest BCUT2D eigenvalue weighted by atomic mass is 10.5. The van der Waals surface area contributed by atoms with Gasteiger partial charge in [-0.1, -0.05) is 13.8 Å². The lowest BCUT2D eigenvalue weighted by Gasteiger charge is -2.06. The SMILES string of the molecule is CC.CC(=O)O.CC=O.NCCCOCCOCCOCCCN. The van der Waals surface area contributed by atoms with Gasteiger partial charge in [-0.2, -0.15) is 0 Å². The van der Waals surface area contributed by atoms with Crippen LogP contribution in [0.2, 0.25) is 0 Å². The molecule has 0 amide bonds. The van der Waals surface area contributed by atoms with E-state index in [0.29, 0.717) is 52.7 Å². The molecule has 8 nitrogen and oxygen atoms in total. The molecular formula is C16H38N2O6. The van der Waals surface area contributed by atoms with E-state index >= 15 is 0 Å². The van der Waals surface area contributed by atoms with Gasteiger partial charge in [0.05, 0.1) is 26.4 Å². The van der Waals surface area contributed by atoms with E-state index in [1.165, 1.54) is 6.92 Å². The third-order valence-electron chi connectivity index (χ3n) is 1.73. The van der Waals surface area contributed by atoms with Crippen molar-refractivity contribution in [1.29, 1.82) is 0 Å². The third-order valence-corrected chi connectivity index (χ3v) is 1.73. The first-order valence-corrected chi connectivity index (χ1v) is 8.29. The second-order valence-corrected chi connectivity index (χ2v) is 3.88. The van der Waals surface area contributed by atoms with Gasteiger partial charge in [0, 0.05) is 20.1 Å². The third kappa shape index (κ3) is 69.6. The van der Waals surface area contributed by atoms with E-state index in [1.54, 1.807) is 0 Å². The topological polar surface area (TPSA) is 134 Å². The highest BCUT2D eigenvalue weighted by Crippen LogP contribution is 1.84. The number of carboxylic acid groups (broad SMARTS) is 1. The Morgan fingerprint density at radius 1 is 0.875 bits per heavy atom. The summed E-state index contributed by atoms with van der Waals surface area (Å²) >= 11 is 0. The van der Waals surface area contributed by atoms with Gasteiger partial charge in [0.1, 0.15) is 6.29 Å². The van der Waals surface area contributed by atoms with Crippen LogP contribution in [0.4, 0.5) is 0 Å². The summed E-state index contributed by atoms with van der Waals surface area (Å²) in [5.41, 5.74) is 10.6. The van der Waals surface area contributed by atoms with Crippen molar-refractivity contribution in [3.63, 3.8) is 0 Å². The molecule has 0 atom stereocenters. The molecule has 0 heterocycles. The number of hydrogen-bond donors (Lipinski definition) is 3. The second-order valence-electron chi connectivity index (χ2n) is 3.88. The summed E-state index contributed by atoms with van der Waals surface area (Å²) in [5, 5.41) is 7.42. The van der Waals surface area contributed by atoms with Crippen LogP contribution in [0.5, 0.6) is 0 Å². The lowest BCUT2D eigenvalue weighted by molar-refractivity contribution is -0.134. The van der Waals surface area contributed by atoms with Gasteiger partial charge in [-0.15, -0.1) is 0 Å². The van der Waals surface area contributed by atoms with Crippen molar-refractivity contribution >= 4 is 12.3 Å². The number of carboxylic acids is 1. The molecule has 8 heteroatoms. The number of carbonyl (C=O) groups is 2. The molecule has 0 aliphatic heterocycles. The van der Waals surface area contributed by atoms with Crippen LogP contribution in [0.1, 0.15) is 40.5 Å². The molecule has 0 aromatic heterocycles. The van der Waals surface area contributed by atoms with Crippen LogP contribution >= 0.6 is 0 Å². The first kappa shape index (κ1) is 30.8. The maximum Gasteiger partial charge on any atom is 0.300 e. The Balaban J connectivity index is -0.000000185. The van der Waals surface area contributed by atoms with Crippen LogP contribution in [0.3, 0.4) is 0 Å². The van der Waals surface area contributed by atoms with E-state index < -0.39 is 5.97 Å². The lowest BCUT2D eigenvalue weighted by Crippen LogP contribution is -2.12. The molecular weight excluding hydrogens is 316 g/mol. The molecule has 0 aliphatic rings. The van der Waals surface area contributed by atoms with Crippen molar-refractivity contribution in [1.82, 2.24) is 0 Å². The van der Waals surface area contributed by atoms with Crippen molar-refractivity contribution in [3.8, 4) is 0 Å². The summed E-state index contributed by atoms with van der Waals surface area (Å²) in [7, 11) is 0. The number of nitrogens with two attached hydrogens (primary N) is 2. The predicted molar refractivity (Wildman–Crippen MR) is 96.2 cm³/mol. The summed E-state index contributed by atoms with van der Waals surface area (Å²) < 4.78 is 15.8. The van der Waals surface area contributed by atoms with Gasteiger partial charge in [-0.3, -0.25) is 4.79 Å². The van der Waals surface area contributed by atoms with Gasteiger partial charge in [0.15, 0.2) is 0 Å². The Morgan fingerprint density at radius 2 is 1.08 bits per heavy atom. The molecule has 0 fully saturated rings. The number of aldehydes is 1. The zero-order valence-corrected chi connectivity index (χ0v) is 15.8. The zero-order chi connectivity index (χ0) is 19.5. The maximum atomic E-state index is 9.00. The fourth-order valence-electron chi connectivity index (χ4n) is 0.913. The van der Waals surface area contributed by atoms with E-state index in [9.17, 15) is 0 Å². The second kappa shape index (κ2) is 37.9. The summed E-state index contributed by atoms with van der Waals surface area (Å²) in [5.74, 6) is -0.833. The van der Waals surface area contributed by atoms with E-state index in [2.05, 4.69) is 0 Å². The van der Waals surface area contributed by atoms with E-state index in [1.807, 2.05) is 13.8 Å². The summed E-state index contributed by atoms with van der Waals surface area (Å²) in [6.45, 7) is 11.8. The van der Waals surface area contributed by atoms with Gasteiger partial charge in [0.25, 0.3) is 5.97 Å². The van der Waals surface area contributed by atoms with E-state index in [-0.39, 0.29) is 0 Å². The highest BCUT2D eigenvalue weighted by atomic mass is 16.5. The highest BCUT2D eigenvalue weighted by Gasteiger charge is 1.91. The average Bonchev–Trinajstić information content (AvgIpc) is 2.55. The van der Waals surface area contributed by atoms with Crippen LogP contribution in [0.15, 0.2) is 0 Å². The molecule has 148 valence electrons. The molecule has 0 aliphatic carbocycles. The molecule has 0 saturated carbocycles. The Morgan fingerprint density at radius 3 is 1.29 bits per heavy atom. The van der Waals surface area contributed by atoms with Crippen molar-refractivity contribution in [2.75, 3.05) is 52.7 Å². The average molecular weight is 354 g/mol. The fraction of sp³-hybridized carbons (Fsp3) is 0.875. The normalized spacial score (nSPS) is 8.58. The summed E-state index contributed by atoms with van der Waals surface area (Å²) in [6.07, 6.45) is 2.56. The smallest absolute Gasteiger partial charge is 0.300 e. The minimum Gasteiger partial charge on any atom is -0.481 e. The number of ether oxygens (including phenoxy) is 3. The van der Waals surface area contributed by atoms with Gasteiger partial charge in [-0.05, 0) is 32.9 Å². The Hall–Kier alpha value is -1.06. The van der Waals surface area contributed by atoms with Crippen LogP contribution in [-0.4, -0.2) is 70.1 Å². The Bertz CT molecular complexity index is 203. The number of carbonyl (C=O) groups excluding carboxylic acids is 1. The van der Waals surface area contributed by atoms with Crippen LogP contribution < -0.4 is 11.5 Å². The first-order chi connectivity index (χ1) is 11.6. The van der Waals surface area contributed by atoms with Gasteiger partial charge in [-0.25, -0.2) is 0 Å². The fourth-order valence-corrected chi connectivity index (χ4v) is 0.913. The zero-order valence-electron chi connectivity index (χ0n) is 15.8. The molecule has 24 heavy (non-hydrogen) atoms. The number of aliphatic carboxylic acids is 1. The number of rotatable bonds is 12. The molecule has 0 bridgehead atoms. The van der Waals surface area contributed by atoms with Crippen molar-refractivity contribution in [2.45, 2.75) is 40.5 Å². The number of hydrogen-bond acceptors (Lipinski definition) is 7. The van der Waals surface area contributed by atoms with E-state index in [4.69, 9.17) is 40.4 Å². The molecule has 0 aromatic carbocycles. The minimum atomic E-state index is -0.833. The van der Waals surface area contributed by atoms with Crippen molar-refractivity contribution in [2.24, 2.45) is 11.5 Å². The molecule has 0 unspecified atom stereocenters. The summed E-state index contributed by atoms with van der Waals surface area (Å²) in [6, 6.07) is 0. The largest absolute Gasteiger partial charge is 0.481 e. The predicted octanol–water partition coefficient (Wildman–Crippen LogP) is 1.06. The summed E-state index contributed by atoms with van der Waals surface area (Å²) in [4.78, 5) is 17.8. The quantitative estimate of drug-likeness (QED) is 0.350. The molecule has 5 N–H and O–H groups in total. The molecule has 0 spiro atoms. The first-order valence-electron chi connectivity index (χ1n) is 8.29. The standard InChI is InChI=1S/C10H24N2O3.C2H4O2.C2H4O.C2H6/c11-3-1-5-13-7-9-15-10-8-14-6-2-4-12;1-2(3)4;1-2-3;1-2/h1-12H2;1H3,(H,3,4);2H,1H3;1-2H3. The van der Waals surface area contributed by atoms with Gasteiger partial charge in [0.2, 0.25) is 0 Å². The van der Waals surface area contributed by atoms with Gasteiger partial charge >= 0.3 is 0 Å². The molecule has 0 aromatic rings. The highest BCUT2D eigenvalue weighted by molar-refractivity contribution is 5.62. The molecule has 0 rings (SSSR count). The monoisotopic (exact) mass is 354 g/mol. The molecule has 0 saturated heterocycles.